The van der Waals surface area contributed by atoms with Crippen LogP contribution in [0.4, 0.5) is 5.69 Å². The molecule has 5 nitrogen and oxygen atoms in total. The van der Waals surface area contributed by atoms with Crippen LogP contribution in [0.5, 0.6) is 0 Å². The van der Waals surface area contributed by atoms with E-state index in [4.69, 9.17) is 0 Å². The Kier molecular flexibility index (Phi) is 3.48. The molecule has 0 aromatic carbocycles. The van der Waals surface area contributed by atoms with Crippen LogP contribution in [0, 0.1) is 5.92 Å². The SMILES string of the molecule is CCC(=O)C1CCCN(c2cc[nH]c3cnc4nccc4c23)C1. The van der Waals surface area contributed by atoms with Crippen LogP contribution in [0.1, 0.15) is 26.2 Å². The zero-order chi connectivity index (χ0) is 15.8. The summed E-state index contributed by atoms with van der Waals surface area (Å²) in [7, 11) is 0. The van der Waals surface area contributed by atoms with Gasteiger partial charge in [0.2, 0.25) is 0 Å². The maximum absolute atomic E-state index is 12.1. The summed E-state index contributed by atoms with van der Waals surface area (Å²) in [5, 5.41) is 2.22. The average molecular weight is 308 g/mol. The Morgan fingerprint density at radius 2 is 2.30 bits per heavy atom. The first-order chi connectivity index (χ1) is 11.3. The number of aromatic amines is 1. The van der Waals surface area contributed by atoms with Crippen LogP contribution in [-0.2, 0) is 4.79 Å². The maximum Gasteiger partial charge on any atom is 0.159 e. The van der Waals surface area contributed by atoms with Gasteiger partial charge in [-0.3, -0.25) is 4.79 Å². The molecule has 118 valence electrons. The van der Waals surface area contributed by atoms with E-state index in [1.54, 1.807) is 6.20 Å². The highest BCUT2D eigenvalue weighted by atomic mass is 16.1. The molecule has 1 unspecified atom stereocenters. The van der Waals surface area contributed by atoms with Crippen molar-refractivity contribution in [3.8, 4) is 0 Å². The lowest BCUT2D eigenvalue weighted by Gasteiger charge is -2.34. The number of H-pyrrole nitrogens is 1. The first-order valence-corrected chi connectivity index (χ1v) is 8.26. The molecule has 4 heterocycles. The van der Waals surface area contributed by atoms with Crippen molar-refractivity contribution < 1.29 is 4.79 Å². The number of carbonyl (C=O) groups is 1. The van der Waals surface area contributed by atoms with Crippen molar-refractivity contribution in [2.24, 2.45) is 5.92 Å². The van der Waals surface area contributed by atoms with Crippen molar-refractivity contribution in [3.63, 3.8) is 0 Å². The summed E-state index contributed by atoms with van der Waals surface area (Å²) >= 11 is 0. The molecule has 3 aromatic heterocycles. The fourth-order valence-electron chi connectivity index (χ4n) is 3.65. The van der Waals surface area contributed by atoms with Gasteiger partial charge in [-0.1, -0.05) is 6.92 Å². The van der Waals surface area contributed by atoms with E-state index in [2.05, 4.69) is 25.9 Å². The zero-order valence-electron chi connectivity index (χ0n) is 13.2. The van der Waals surface area contributed by atoms with Crippen molar-refractivity contribution >= 4 is 33.4 Å². The lowest BCUT2D eigenvalue weighted by atomic mass is 9.92. The van der Waals surface area contributed by atoms with Gasteiger partial charge >= 0.3 is 0 Å². The second kappa shape index (κ2) is 5.65. The monoisotopic (exact) mass is 308 g/mol. The molecule has 1 N–H and O–H groups in total. The van der Waals surface area contributed by atoms with Gasteiger partial charge in [-0.2, -0.15) is 0 Å². The normalized spacial score (nSPS) is 18.7. The summed E-state index contributed by atoms with van der Waals surface area (Å²) < 4.78 is 0. The third-order valence-corrected chi connectivity index (χ3v) is 4.84. The molecular weight excluding hydrogens is 288 g/mol. The Labute approximate surface area is 134 Å². The number of ketones is 1. The molecule has 1 atom stereocenters. The average Bonchev–Trinajstić information content (AvgIpc) is 3.09. The fraction of sp³-hybridized carbons (Fsp3) is 0.389. The molecular formula is C18H20N4O. The van der Waals surface area contributed by atoms with Gasteiger partial charge in [-0.15, -0.1) is 0 Å². The number of nitrogens with one attached hydrogen (secondary N) is 1. The maximum atomic E-state index is 12.1. The second-order valence-electron chi connectivity index (χ2n) is 6.20. The number of carbonyl (C=O) groups excluding carboxylic acids is 1. The molecule has 5 heteroatoms. The lowest BCUT2D eigenvalue weighted by molar-refractivity contribution is -0.122. The van der Waals surface area contributed by atoms with Crippen LogP contribution >= 0.6 is 0 Å². The number of hydrogen-bond donors (Lipinski definition) is 1. The quantitative estimate of drug-likeness (QED) is 0.806. The number of pyridine rings is 2. The Hall–Kier alpha value is -2.43. The van der Waals surface area contributed by atoms with Gasteiger partial charge < -0.3 is 9.88 Å². The van der Waals surface area contributed by atoms with E-state index in [-0.39, 0.29) is 5.92 Å². The molecule has 0 aliphatic carbocycles. The standard InChI is InChI=1S/C18H20N4O/c1-2-16(23)12-4-3-9-22(11-12)15-6-8-19-14-10-21-18-13(17(14)15)5-7-20-18/h5-8,10,12,19H,2-4,9,11H2,1H3. The third-order valence-electron chi connectivity index (χ3n) is 4.84. The molecule has 23 heavy (non-hydrogen) atoms. The number of Topliss-reactive ketones (excluding diaryl/α,β-unsaturated/α-hetero) is 1. The minimum absolute atomic E-state index is 0.156. The molecule has 0 radical (unpaired) electrons. The molecule has 1 fully saturated rings. The van der Waals surface area contributed by atoms with Crippen molar-refractivity contribution in [2.75, 3.05) is 18.0 Å². The van der Waals surface area contributed by atoms with Crippen molar-refractivity contribution in [3.05, 3.63) is 30.7 Å². The summed E-state index contributed by atoms with van der Waals surface area (Å²) in [6.45, 7) is 3.76. The molecule has 0 bridgehead atoms. The molecule has 0 amide bonds. The Balaban J connectivity index is 1.82. The summed E-state index contributed by atoms with van der Waals surface area (Å²) in [6, 6.07) is 4.12. The van der Waals surface area contributed by atoms with E-state index < -0.39 is 0 Å². The van der Waals surface area contributed by atoms with Gasteiger partial charge in [0.05, 0.1) is 11.7 Å². The highest BCUT2D eigenvalue weighted by Gasteiger charge is 2.26. The van der Waals surface area contributed by atoms with Gasteiger partial charge in [0.15, 0.2) is 5.65 Å². The van der Waals surface area contributed by atoms with Gasteiger partial charge in [-0.25, -0.2) is 9.97 Å². The summed E-state index contributed by atoms with van der Waals surface area (Å²) in [6.07, 6.45) is 8.29. The number of rotatable bonds is 3. The topological polar surface area (TPSA) is 61.9 Å². The van der Waals surface area contributed by atoms with Gasteiger partial charge in [0.1, 0.15) is 5.78 Å². The van der Waals surface area contributed by atoms with Crippen LogP contribution < -0.4 is 4.90 Å². The zero-order valence-corrected chi connectivity index (χ0v) is 13.2. The van der Waals surface area contributed by atoms with E-state index in [0.29, 0.717) is 12.2 Å². The molecule has 0 spiro atoms. The van der Waals surface area contributed by atoms with Crippen molar-refractivity contribution in [2.45, 2.75) is 26.2 Å². The summed E-state index contributed by atoms with van der Waals surface area (Å²) in [4.78, 5) is 26.5. The number of fused-ring (bicyclic) bond motifs is 3. The van der Waals surface area contributed by atoms with E-state index in [9.17, 15) is 4.79 Å². The summed E-state index contributed by atoms with van der Waals surface area (Å²) in [5.41, 5.74) is 2.95. The molecule has 4 rings (SSSR count). The van der Waals surface area contributed by atoms with Gasteiger partial charge in [0, 0.05) is 54.3 Å². The Bertz CT molecular complexity index is 870. The third kappa shape index (κ3) is 2.36. The van der Waals surface area contributed by atoms with Crippen LogP contribution in [0.2, 0.25) is 0 Å². The second-order valence-corrected chi connectivity index (χ2v) is 6.20. The van der Waals surface area contributed by atoms with Crippen LogP contribution in [0.3, 0.4) is 0 Å². The molecule has 1 aliphatic heterocycles. The van der Waals surface area contributed by atoms with E-state index >= 15 is 0 Å². The predicted molar refractivity (Wildman–Crippen MR) is 91.6 cm³/mol. The molecule has 0 saturated carbocycles. The number of aromatic nitrogens is 3. The van der Waals surface area contributed by atoms with Gasteiger partial charge in [-0.05, 0) is 25.0 Å². The number of anilines is 1. The predicted octanol–water partition coefficient (Wildman–Crippen LogP) is 3.31. The van der Waals surface area contributed by atoms with Crippen molar-refractivity contribution in [1.82, 2.24) is 15.0 Å². The summed E-state index contributed by atoms with van der Waals surface area (Å²) in [5.74, 6) is 0.534. The lowest BCUT2D eigenvalue weighted by Crippen LogP contribution is -2.38. The first-order valence-electron chi connectivity index (χ1n) is 8.26. The Morgan fingerprint density at radius 3 is 3.17 bits per heavy atom. The van der Waals surface area contributed by atoms with E-state index in [1.807, 2.05) is 25.4 Å². The highest BCUT2D eigenvalue weighted by Crippen LogP contribution is 2.33. The minimum atomic E-state index is 0.156. The number of hydrogen-bond acceptors (Lipinski definition) is 4. The van der Waals surface area contributed by atoms with E-state index in [1.165, 1.54) is 5.69 Å². The number of nitrogens with zero attached hydrogens (tertiary/aromatic N) is 3. The van der Waals surface area contributed by atoms with Crippen LogP contribution in [0.25, 0.3) is 21.9 Å². The smallest absolute Gasteiger partial charge is 0.159 e. The first kappa shape index (κ1) is 14.2. The molecule has 1 saturated heterocycles. The molecule has 1 aliphatic rings. The number of piperidine rings is 1. The van der Waals surface area contributed by atoms with E-state index in [0.717, 1.165) is 47.9 Å². The fourth-order valence-corrected chi connectivity index (χ4v) is 3.65. The Morgan fingerprint density at radius 1 is 1.39 bits per heavy atom. The minimum Gasteiger partial charge on any atom is -0.370 e. The van der Waals surface area contributed by atoms with Crippen molar-refractivity contribution in [1.29, 1.82) is 0 Å². The van der Waals surface area contributed by atoms with Crippen LogP contribution in [0.15, 0.2) is 30.7 Å². The van der Waals surface area contributed by atoms with Crippen LogP contribution in [-0.4, -0.2) is 33.8 Å². The van der Waals surface area contributed by atoms with Gasteiger partial charge in [0.25, 0.3) is 0 Å². The molecule has 3 aromatic rings. The largest absolute Gasteiger partial charge is 0.370 e. The highest BCUT2D eigenvalue weighted by molar-refractivity contribution is 6.10.